The van der Waals surface area contributed by atoms with Crippen molar-refractivity contribution in [2.75, 3.05) is 6.54 Å². The van der Waals surface area contributed by atoms with Gasteiger partial charge < -0.3 is 11.1 Å². The van der Waals surface area contributed by atoms with E-state index in [1.165, 1.54) is 5.56 Å². The number of aryl methyl sites for hydroxylation is 2. The molecule has 0 aliphatic carbocycles. The zero-order valence-corrected chi connectivity index (χ0v) is 13.6. The first-order valence-corrected chi connectivity index (χ1v) is 7.21. The van der Waals surface area contributed by atoms with Crippen LogP contribution in [0.15, 0.2) is 0 Å². The van der Waals surface area contributed by atoms with E-state index in [4.69, 9.17) is 5.73 Å². The average molecular weight is 280 g/mol. The highest BCUT2D eigenvalue weighted by molar-refractivity contribution is 5.77. The third kappa shape index (κ3) is 3.60. The van der Waals surface area contributed by atoms with Crippen molar-refractivity contribution < 1.29 is 4.79 Å². The molecule has 1 atom stereocenters. The van der Waals surface area contributed by atoms with Gasteiger partial charge in [0.1, 0.15) is 0 Å². The first-order chi connectivity index (χ1) is 9.21. The van der Waals surface area contributed by atoms with Crippen molar-refractivity contribution in [2.45, 2.75) is 53.0 Å². The molecule has 5 nitrogen and oxygen atoms in total. The second-order valence-electron chi connectivity index (χ2n) is 6.10. The average Bonchev–Trinajstić information content (AvgIpc) is 2.61. The van der Waals surface area contributed by atoms with Gasteiger partial charge >= 0.3 is 0 Å². The van der Waals surface area contributed by atoms with Gasteiger partial charge in [0.15, 0.2) is 0 Å². The monoisotopic (exact) mass is 280 g/mol. The Labute approximate surface area is 121 Å². The molecule has 0 fully saturated rings. The van der Waals surface area contributed by atoms with Crippen LogP contribution in [-0.2, 0) is 18.3 Å². The number of nitrogens with zero attached hydrogens (tertiary/aromatic N) is 2. The summed E-state index contributed by atoms with van der Waals surface area (Å²) in [5.74, 6) is 0.354. The predicted octanol–water partition coefficient (Wildman–Crippen LogP) is 1.46. The van der Waals surface area contributed by atoms with Gasteiger partial charge in [0, 0.05) is 25.7 Å². The number of hydrogen-bond donors (Lipinski definition) is 2. The molecule has 0 aromatic carbocycles. The Morgan fingerprint density at radius 1 is 1.45 bits per heavy atom. The summed E-state index contributed by atoms with van der Waals surface area (Å²) in [6.07, 6.45) is 1.19. The highest BCUT2D eigenvalue weighted by atomic mass is 16.1. The number of nitrogens with one attached hydrogen (secondary N) is 1. The molecule has 0 saturated heterocycles. The van der Waals surface area contributed by atoms with E-state index >= 15 is 0 Å². The van der Waals surface area contributed by atoms with Gasteiger partial charge in [-0.05, 0) is 38.7 Å². The summed E-state index contributed by atoms with van der Waals surface area (Å²) in [6.45, 7) is 10.6. The van der Waals surface area contributed by atoms with Crippen molar-refractivity contribution in [1.29, 1.82) is 0 Å². The van der Waals surface area contributed by atoms with Crippen LogP contribution in [0.3, 0.4) is 0 Å². The Morgan fingerprint density at radius 3 is 2.45 bits per heavy atom. The molecule has 1 aromatic rings. The zero-order chi connectivity index (χ0) is 15.5. The molecule has 0 spiro atoms. The van der Waals surface area contributed by atoms with Crippen LogP contribution in [0.25, 0.3) is 0 Å². The van der Waals surface area contributed by atoms with Crippen LogP contribution in [-0.4, -0.2) is 27.8 Å². The molecule has 0 saturated carbocycles. The number of carbonyl (C=O) groups is 1. The van der Waals surface area contributed by atoms with E-state index < -0.39 is 0 Å². The molecule has 1 amide bonds. The van der Waals surface area contributed by atoms with Crippen LogP contribution >= 0.6 is 0 Å². The summed E-state index contributed by atoms with van der Waals surface area (Å²) in [6, 6.07) is 0. The van der Waals surface area contributed by atoms with Crippen molar-refractivity contribution in [3.05, 3.63) is 17.0 Å². The molecule has 1 aromatic heterocycles. The van der Waals surface area contributed by atoms with Gasteiger partial charge in [-0.1, -0.05) is 13.8 Å². The number of aromatic nitrogens is 2. The Kier molecular flexibility index (Phi) is 5.34. The summed E-state index contributed by atoms with van der Waals surface area (Å²) >= 11 is 0. The van der Waals surface area contributed by atoms with Crippen LogP contribution in [0.4, 0.5) is 0 Å². The normalized spacial score (nSPS) is 14.4. The van der Waals surface area contributed by atoms with E-state index in [2.05, 4.69) is 24.3 Å². The zero-order valence-electron chi connectivity index (χ0n) is 13.6. The number of rotatable bonds is 6. The van der Waals surface area contributed by atoms with Crippen molar-refractivity contribution in [3.8, 4) is 0 Å². The van der Waals surface area contributed by atoms with Gasteiger partial charge in [0.25, 0.3) is 0 Å². The molecule has 1 heterocycles. The minimum Gasteiger partial charge on any atom is -0.349 e. The Morgan fingerprint density at radius 2 is 2.05 bits per heavy atom. The number of amides is 1. The molecule has 0 aliphatic heterocycles. The molecular weight excluding hydrogens is 252 g/mol. The minimum atomic E-state index is -0.337. The molecule has 1 unspecified atom stereocenters. The molecule has 3 N–H and O–H groups in total. The second-order valence-corrected chi connectivity index (χ2v) is 6.10. The number of nitrogens with two attached hydrogens (primary N) is 1. The third-order valence-electron chi connectivity index (χ3n) is 4.38. The molecule has 0 aliphatic rings. The topological polar surface area (TPSA) is 72.9 Å². The molecule has 0 radical (unpaired) electrons. The molecule has 0 bridgehead atoms. The van der Waals surface area contributed by atoms with Gasteiger partial charge in [0.2, 0.25) is 5.91 Å². The standard InChI is InChI=1S/C15H28N4O/c1-10(2)15(5,9-16)17-14(20)8-7-13-11(3)18-19(6)12(13)4/h10H,7-9,16H2,1-6H3,(H,17,20). The van der Waals surface area contributed by atoms with Gasteiger partial charge in [-0.2, -0.15) is 5.10 Å². The summed E-state index contributed by atoms with van der Waals surface area (Å²) in [5, 5.41) is 7.44. The first-order valence-electron chi connectivity index (χ1n) is 7.21. The number of hydrogen-bond acceptors (Lipinski definition) is 3. The highest BCUT2D eigenvalue weighted by Crippen LogP contribution is 2.17. The van der Waals surface area contributed by atoms with Crippen molar-refractivity contribution >= 4 is 5.91 Å². The first kappa shape index (κ1) is 16.7. The Balaban J connectivity index is 2.64. The maximum absolute atomic E-state index is 12.1. The van der Waals surface area contributed by atoms with Crippen LogP contribution in [0.5, 0.6) is 0 Å². The molecular formula is C15H28N4O. The van der Waals surface area contributed by atoms with E-state index in [1.807, 2.05) is 32.5 Å². The molecule has 1 rings (SSSR count). The minimum absolute atomic E-state index is 0.0503. The summed E-state index contributed by atoms with van der Waals surface area (Å²) < 4.78 is 1.86. The van der Waals surface area contributed by atoms with Crippen molar-refractivity contribution in [1.82, 2.24) is 15.1 Å². The lowest BCUT2D eigenvalue weighted by molar-refractivity contribution is -0.123. The van der Waals surface area contributed by atoms with E-state index in [0.717, 1.165) is 17.8 Å². The fourth-order valence-electron chi connectivity index (χ4n) is 2.23. The third-order valence-corrected chi connectivity index (χ3v) is 4.38. The van der Waals surface area contributed by atoms with E-state index in [9.17, 15) is 4.79 Å². The van der Waals surface area contributed by atoms with Crippen LogP contribution in [0.1, 0.15) is 44.1 Å². The van der Waals surface area contributed by atoms with Gasteiger partial charge in [-0.25, -0.2) is 0 Å². The van der Waals surface area contributed by atoms with Crippen LogP contribution in [0, 0.1) is 19.8 Å². The second kappa shape index (κ2) is 6.39. The largest absolute Gasteiger partial charge is 0.349 e. The van der Waals surface area contributed by atoms with E-state index in [-0.39, 0.29) is 11.4 Å². The van der Waals surface area contributed by atoms with Crippen LogP contribution in [0.2, 0.25) is 0 Å². The van der Waals surface area contributed by atoms with E-state index in [0.29, 0.717) is 18.9 Å². The maximum atomic E-state index is 12.1. The van der Waals surface area contributed by atoms with Crippen molar-refractivity contribution in [3.63, 3.8) is 0 Å². The Hall–Kier alpha value is -1.36. The summed E-state index contributed by atoms with van der Waals surface area (Å²) in [5.41, 5.74) is 8.75. The lowest BCUT2D eigenvalue weighted by Gasteiger charge is -2.33. The lowest BCUT2D eigenvalue weighted by atomic mass is 9.88. The summed E-state index contributed by atoms with van der Waals surface area (Å²) in [4.78, 5) is 12.1. The summed E-state index contributed by atoms with van der Waals surface area (Å²) in [7, 11) is 1.93. The highest BCUT2D eigenvalue weighted by Gasteiger charge is 2.28. The molecule has 5 heteroatoms. The lowest BCUT2D eigenvalue weighted by Crippen LogP contribution is -2.55. The smallest absolute Gasteiger partial charge is 0.220 e. The quantitative estimate of drug-likeness (QED) is 0.828. The fraction of sp³-hybridized carbons (Fsp3) is 0.733. The van der Waals surface area contributed by atoms with Gasteiger partial charge in [-0.3, -0.25) is 9.48 Å². The van der Waals surface area contributed by atoms with Crippen molar-refractivity contribution in [2.24, 2.45) is 18.7 Å². The van der Waals surface area contributed by atoms with E-state index in [1.54, 1.807) is 0 Å². The van der Waals surface area contributed by atoms with Gasteiger partial charge in [0.05, 0.1) is 11.2 Å². The molecule has 20 heavy (non-hydrogen) atoms. The molecule has 114 valence electrons. The van der Waals surface area contributed by atoms with Crippen LogP contribution < -0.4 is 11.1 Å². The number of carbonyl (C=O) groups excluding carboxylic acids is 1. The Bertz CT molecular complexity index is 478. The van der Waals surface area contributed by atoms with Gasteiger partial charge in [-0.15, -0.1) is 0 Å². The SMILES string of the molecule is Cc1nn(C)c(C)c1CCC(=O)NC(C)(CN)C(C)C. The predicted molar refractivity (Wildman–Crippen MR) is 81.4 cm³/mol. The fourth-order valence-corrected chi connectivity index (χ4v) is 2.23. The maximum Gasteiger partial charge on any atom is 0.220 e.